The Morgan fingerprint density at radius 3 is 1.42 bits per heavy atom. The summed E-state index contributed by atoms with van der Waals surface area (Å²) in [6.45, 7) is 0. The first-order valence-electron chi connectivity index (χ1n) is 22.4. The van der Waals surface area contributed by atoms with Crippen LogP contribution in [0.2, 0.25) is 0 Å². The second-order valence-electron chi connectivity index (χ2n) is 17.5. The van der Waals surface area contributed by atoms with Gasteiger partial charge in [-0.05, 0) is 114 Å². The first-order valence-corrected chi connectivity index (χ1v) is 22.4. The van der Waals surface area contributed by atoms with Crippen molar-refractivity contribution in [3.63, 3.8) is 0 Å². The highest BCUT2D eigenvalue weighted by molar-refractivity contribution is 6.24. The lowest BCUT2D eigenvalue weighted by atomic mass is 9.89. The summed E-state index contributed by atoms with van der Waals surface area (Å²) in [5, 5.41) is 15.3. The third-order valence-electron chi connectivity index (χ3n) is 14.2. The minimum Gasteiger partial charge on any atom is -0.332 e. The lowest BCUT2D eigenvalue weighted by molar-refractivity contribution is 0.621. The van der Waals surface area contributed by atoms with Gasteiger partial charge in [-0.25, -0.2) is 0 Å². The number of hydrogen-bond donors (Lipinski definition) is 0. The van der Waals surface area contributed by atoms with E-state index in [1.54, 1.807) is 0 Å². The van der Waals surface area contributed by atoms with E-state index >= 15 is 0 Å². The Kier molecular flexibility index (Phi) is 7.55. The molecule has 1 aliphatic carbocycles. The number of allylic oxidation sites excluding steroid dienone is 1. The molecule has 1 unspecified atom stereocenters. The molecule has 13 aromatic rings. The topological polar surface area (TPSA) is 9.86 Å². The van der Waals surface area contributed by atoms with Crippen molar-refractivity contribution >= 4 is 92.4 Å². The van der Waals surface area contributed by atoms with E-state index in [0.29, 0.717) is 0 Å². The van der Waals surface area contributed by atoms with Gasteiger partial charge in [0.1, 0.15) is 0 Å². The average molecular weight is 813 g/mol. The molecule has 64 heavy (non-hydrogen) atoms. The first-order chi connectivity index (χ1) is 31.8. The summed E-state index contributed by atoms with van der Waals surface area (Å²) >= 11 is 0. The fourth-order valence-electron chi connectivity index (χ4n) is 11.4. The van der Waals surface area contributed by atoms with Crippen LogP contribution in [0.5, 0.6) is 0 Å². The Labute approximate surface area is 370 Å². The predicted octanol–water partition coefficient (Wildman–Crippen LogP) is 16.7. The van der Waals surface area contributed by atoms with Gasteiger partial charge in [-0.3, -0.25) is 0 Å². The molecular formula is C62H40N2. The van der Waals surface area contributed by atoms with Crippen molar-refractivity contribution in [3.8, 4) is 22.3 Å². The molecule has 0 amide bonds. The van der Waals surface area contributed by atoms with Gasteiger partial charge in [0.15, 0.2) is 0 Å². The van der Waals surface area contributed by atoms with Crippen LogP contribution in [0.4, 0.5) is 0 Å². The van der Waals surface area contributed by atoms with Crippen molar-refractivity contribution < 1.29 is 0 Å². The van der Waals surface area contributed by atoms with Crippen LogP contribution in [0, 0.1) is 0 Å². The third kappa shape index (κ3) is 5.08. The Morgan fingerprint density at radius 2 is 0.781 bits per heavy atom. The van der Waals surface area contributed by atoms with E-state index in [0.717, 1.165) is 6.42 Å². The molecule has 2 heteroatoms. The quantitative estimate of drug-likeness (QED) is 0.168. The minimum absolute atomic E-state index is 0.0939. The Hall–Kier alpha value is -8.20. The Balaban J connectivity index is 0.991. The molecule has 2 nitrogen and oxygen atoms in total. The van der Waals surface area contributed by atoms with Crippen LogP contribution in [0.3, 0.4) is 0 Å². The summed E-state index contributed by atoms with van der Waals surface area (Å²) in [6.07, 6.45) is 3.37. The lowest BCUT2D eigenvalue weighted by Gasteiger charge is -2.29. The molecule has 14 rings (SSSR count). The Bertz CT molecular complexity index is 4110. The highest BCUT2D eigenvalue weighted by Crippen LogP contribution is 2.47. The fourth-order valence-corrected chi connectivity index (χ4v) is 11.4. The van der Waals surface area contributed by atoms with E-state index in [1.807, 2.05) is 0 Å². The zero-order valence-electron chi connectivity index (χ0n) is 35.0. The van der Waals surface area contributed by atoms with Gasteiger partial charge in [0.2, 0.25) is 0 Å². The van der Waals surface area contributed by atoms with Crippen molar-refractivity contribution in [1.29, 1.82) is 0 Å². The number of nitrogens with zero attached hydrogens (tertiary/aromatic N) is 2. The van der Waals surface area contributed by atoms with E-state index in [-0.39, 0.29) is 6.04 Å². The normalized spacial score (nSPS) is 14.1. The zero-order chi connectivity index (χ0) is 41.9. The van der Waals surface area contributed by atoms with Crippen LogP contribution in [0.1, 0.15) is 23.6 Å². The van der Waals surface area contributed by atoms with Crippen molar-refractivity contribution in [1.82, 2.24) is 9.13 Å². The molecule has 11 aromatic carbocycles. The highest BCUT2D eigenvalue weighted by atomic mass is 15.0. The molecule has 298 valence electrons. The molecule has 0 saturated carbocycles. The van der Waals surface area contributed by atoms with Gasteiger partial charge >= 0.3 is 0 Å². The maximum Gasteiger partial charge on any atom is 0.0633 e. The summed E-state index contributed by atoms with van der Waals surface area (Å²) in [5.41, 5.74) is 13.8. The van der Waals surface area contributed by atoms with E-state index < -0.39 is 0 Å². The average Bonchev–Trinajstić information content (AvgIpc) is 3.88. The summed E-state index contributed by atoms with van der Waals surface area (Å²) in [4.78, 5) is 0. The van der Waals surface area contributed by atoms with Crippen molar-refractivity contribution in [2.75, 3.05) is 0 Å². The molecule has 0 bridgehead atoms. The number of fused-ring (bicyclic) bond motifs is 13. The van der Waals surface area contributed by atoms with Gasteiger partial charge in [-0.2, -0.15) is 0 Å². The first kappa shape index (κ1) is 35.4. The zero-order valence-corrected chi connectivity index (χ0v) is 35.0. The van der Waals surface area contributed by atoms with Gasteiger partial charge in [-0.15, -0.1) is 0 Å². The summed E-state index contributed by atoms with van der Waals surface area (Å²) < 4.78 is 5.20. The largest absolute Gasteiger partial charge is 0.332 e. The van der Waals surface area contributed by atoms with E-state index in [9.17, 15) is 0 Å². The van der Waals surface area contributed by atoms with Gasteiger partial charge in [0, 0.05) is 38.3 Å². The van der Waals surface area contributed by atoms with Gasteiger partial charge in [0.25, 0.3) is 0 Å². The van der Waals surface area contributed by atoms with Crippen molar-refractivity contribution in [2.24, 2.45) is 0 Å². The Morgan fingerprint density at radius 1 is 0.328 bits per heavy atom. The lowest BCUT2D eigenvalue weighted by Crippen LogP contribution is -2.17. The molecule has 1 aliphatic rings. The molecule has 0 fully saturated rings. The van der Waals surface area contributed by atoms with E-state index in [1.165, 1.54) is 126 Å². The summed E-state index contributed by atoms with van der Waals surface area (Å²) in [7, 11) is 0. The molecule has 0 aliphatic heterocycles. The number of hydrogen-bond acceptors (Lipinski definition) is 0. The monoisotopic (exact) mass is 812 g/mol. The fraction of sp³-hybridized carbons (Fsp3) is 0.0323. The molecule has 1 atom stereocenters. The minimum atomic E-state index is 0.0939. The van der Waals surface area contributed by atoms with E-state index in [2.05, 4.69) is 234 Å². The van der Waals surface area contributed by atoms with Crippen molar-refractivity contribution in [2.45, 2.75) is 12.5 Å². The third-order valence-corrected chi connectivity index (χ3v) is 14.2. The second-order valence-corrected chi connectivity index (χ2v) is 17.5. The molecule has 0 spiro atoms. The maximum absolute atomic E-state index is 2.64. The standard InChI is InChI=1S/C62H40N2/c1-5-19-45-39(13-1)17-11-25-47(45)43-29-31-57-53(37-43)61-49-21-7-3-15-41(49)27-33-59(61)63(57)55-35-36-56(52-24-10-9-23-51(52)55)64-58-32-30-44(48-26-12-18-40-14-2-6-20-46(40)48)38-54(58)62-50-22-8-4-16-42(50)28-34-60(62)64/h1-35,37-38,56H,36H2. The molecule has 2 heterocycles. The van der Waals surface area contributed by atoms with Crippen LogP contribution in [0.15, 0.2) is 224 Å². The molecule has 0 N–H and O–H groups in total. The van der Waals surface area contributed by atoms with E-state index in [4.69, 9.17) is 0 Å². The molecule has 0 saturated heterocycles. The summed E-state index contributed by atoms with van der Waals surface area (Å²) in [6, 6.07) is 81.4. The van der Waals surface area contributed by atoms with Crippen molar-refractivity contribution in [3.05, 3.63) is 236 Å². The van der Waals surface area contributed by atoms with Crippen LogP contribution in [-0.4, -0.2) is 9.13 Å². The molecule has 2 aromatic heterocycles. The van der Waals surface area contributed by atoms with Crippen LogP contribution in [-0.2, 0) is 0 Å². The molecule has 0 radical (unpaired) electrons. The SMILES string of the molecule is C1=C(n2c3ccc(-c4cccc5ccccc45)cc3c3c4ccccc4ccc32)c2ccccc2C(n2c3ccc(-c4cccc5ccccc45)cc3c3c4ccccc4ccc32)C1. The summed E-state index contributed by atoms with van der Waals surface area (Å²) in [5.74, 6) is 0. The number of aromatic nitrogens is 2. The second kappa shape index (κ2) is 13.6. The maximum atomic E-state index is 2.64. The highest BCUT2D eigenvalue weighted by Gasteiger charge is 2.29. The van der Waals surface area contributed by atoms with Gasteiger partial charge in [0.05, 0.1) is 22.6 Å². The van der Waals surface area contributed by atoms with Crippen LogP contribution in [0.25, 0.3) is 115 Å². The number of benzene rings is 11. The smallest absolute Gasteiger partial charge is 0.0633 e. The van der Waals surface area contributed by atoms with Crippen LogP contribution >= 0.6 is 0 Å². The van der Waals surface area contributed by atoms with Gasteiger partial charge < -0.3 is 9.13 Å². The molecular weight excluding hydrogens is 773 g/mol. The number of rotatable bonds is 4. The van der Waals surface area contributed by atoms with Crippen LogP contribution < -0.4 is 0 Å². The predicted molar refractivity (Wildman–Crippen MR) is 272 cm³/mol. The van der Waals surface area contributed by atoms with Gasteiger partial charge in [-0.1, -0.05) is 188 Å².